The third-order valence-corrected chi connectivity index (χ3v) is 6.39. The molecule has 1 unspecified atom stereocenters. The Labute approximate surface area is 136 Å². The lowest BCUT2D eigenvalue weighted by molar-refractivity contribution is 0.539. The molecule has 0 saturated heterocycles. The molecule has 0 aliphatic heterocycles. The van der Waals surface area contributed by atoms with E-state index in [1.165, 1.54) is 19.1 Å². The van der Waals surface area contributed by atoms with Crippen LogP contribution in [0.5, 0.6) is 0 Å². The minimum absolute atomic E-state index is 0.316. The highest BCUT2D eigenvalue weighted by atomic mass is 79.9. The van der Waals surface area contributed by atoms with Crippen LogP contribution in [0, 0.1) is 6.92 Å². The second kappa shape index (κ2) is 7.23. The first kappa shape index (κ1) is 15.5. The molecule has 2 aromatic rings. The van der Waals surface area contributed by atoms with Gasteiger partial charge in [0, 0.05) is 22.2 Å². The first-order chi connectivity index (χ1) is 9.11. The molecule has 0 amide bonds. The largest absolute Gasteiger partial charge is 0.309 e. The lowest BCUT2D eigenvalue weighted by atomic mass is 10.1. The molecule has 19 heavy (non-hydrogen) atoms. The van der Waals surface area contributed by atoms with Gasteiger partial charge < -0.3 is 5.32 Å². The summed E-state index contributed by atoms with van der Waals surface area (Å²) < 4.78 is 1.19. The van der Waals surface area contributed by atoms with Gasteiger partial charge in [-0.2, -0.15) is 0 Å². The summed E-state index contributed by atoms with van der Waals surface area (Å²) in [6.07, 6.45) is 2.13. The fraction of sp³-hybridized carbons (Fsp3) is 0.429. The number of aryl methyl sites for hydroxylation is 1. The number of hydrogen-bond donors (Lipinski definition) is 1. The highest BCUT2D eigenvalue weighted by molar-refractivity contribution is 9.11. The van der Waals surface area contributed by atoms with Crippen LogP contribution in [-0.2, 0) is 6.42 Å². The van der Waals surface area contributed by atoms with Crippen LogP contribution in [0.1, 0.15) is 34.7 Å². The molecule has 0 aliphatic carbocycles. The van der Waals surface area contributed by atoms with Crippen LogP contribution < -0.4 is 5.32 Å². The average molecular weight is 379 g/mol. The Morgan fingerprint density at radius 2 is 2.21 bits per heavy atom. The van der Waals surface area contributed by atoms with Crippen LogP contribution in [0.25, 0.3) is 0 Å². The Morgan fingerprint density at radius 1 is 1.42 bits per heavy atom. The van der Waals surface area contributed by atoms with Crippen molar-refractivity contribution in [2.45, 2.75) is 32.7 Å². The zero-order chi connectivity index (χ0) is 13.8. The Kier molecular flexibility index (Phi) is 5.90. The van der Waals surface area contributed by atoms with E-state index in [-0.39, 0.29) is 0 Å². The van der Waals surface area contributed by atoms with Gasteiger partial charge in [0.1, 0.15) is 0 Å². The summed E-state index contributed by atoms with van der Waals surface area (Å²) in [6.45, 7) is 5.28. The monoisotopic (exact) mass is 377 g/mol. The Bertz CT molecular complexity index is 535. The van der Waals surface area contributed by atoms with Crippen molar-refractivity contribution in [2.24, 2.45) is 0 Å². The maximum absolute atomic E-state index is 6.42. The molecule has 104 valence electrons. The van der Waals surface area contributed by atoms with E-state index >= 15 is 0 Å². The predicted octanol–water partition coefficient (Wildman–Crippen LogP) is 5.82. The quantitative estimate of drug-likeness (QED) is 0.668. The first-order valence-electron chi connectivity index (χ1n) is 6.33. The molecule has 2 aromatic heterocycles. The summed E-state index contributed by atoms with van der Waals surface area (Å²) in [5, 5.41) is 6.68. The van der Waals surface area contributed by atoms with Gasteiger partial charge in [0.2, 0.25) is 0 Å². The topological polar surface area (TPSA) is 12.0 Å². The van der Waals surface area contributed by atoms with Crippen molar-refractivity contribution in [1.29, 1.82) is 0 Å². The lowest BCUT2D eigenvalue weighted by Crippen LogP contribution is -2.23. The third kappa shape index (κ3) is 4.05. The molecule has 2 rings (SSSR count). The molecule has 5 heteroatoms. The second-order valence-electron chi connectivity index (χ2n) is 4.51. The van der Waals surface area contributed by atoms with Crippen molar-refractivity contribution in [2.75, 3.05) is 6.54 Å². The zero-order valence-corrected chi connectivity index (χ0v) is 15.0. The van der Waals surface area contributed by atoms with Crippen LogP contribution in [0.3, 0.4) is 0 Å². The SMILES string of the molecule is CCCNC(Cc1ccc(Br)s1)c1scc(C)c1Cl. The number of thiophene rings is 2. The minimum Gasteiger partial charge on any atom is -0.309 e. The van der Waals surface area contributed by atoms with Crippen LogP contribution in [0.15, 0.2) is 21.3 Å². The molecule has 0 saturated carbocycles. The molecule has 0 spiro atoms. The van der Waals surface area contributed by atoms with E-state index in [4.69, 9.17) is 11.6 Å². The van der Waals surface area contributed by atoms with Gasteiger partial charge in [0.05, 0.1) is 8.81 Å². The van der Waals surface area contributed by atoms with E-state index in [1.54, 1.807) is 22.7 Å². The van der Waals surface area contributed by atoms with Crippen LogP contribution >= 0.6 is 50.2 Å². The maximum Gasteiger partial charge on any atom is 0.0701 e. The zero-order valence-electron chi connectivity index (χ0n) is 11.0. The van der Waals surface area contributed by atoms with Gasteiger partial charge in [-0.1, -0.05) is 18.5 Å². The molecule has 0 bridgehead atoms. The van der Waals surface area contributed by atoms with Crippen molar-refractivity contribution < 1.29 is 0 Å². The summed E-state index contributed by atoms with van der Waals surface area (Å²) in [6, 6.07) is 4.61. The van der Waals surface area contributed by atoms with Crippen molar-refractivity contribution in [3.8, 4) is 0 Å². The smallest absolute Gasteiger partial charge is 0.0701 e. The van der Waals surface area contributed by atoms with E-state index in [2.05, 4.69) is 52.6 Å². The van der Waals surface area contributed by atoms with E-state index in [0.29, 0.717) is 6.04 Å². The summed E-state index contributed by atoms with van der Waals surface area (Å²) in [4.78, 5) is 2.64. The average Bonchev–Trinajstić information content (AvgIpc) is 2.93. The Morgan fingerprint density at radius 3 is 2.74 bits per heavy atom. The van der Waals surface area contributed by atoms with Crippen molar-refractivity contribution in [1.82, 2.24) is 5.32 Å². The molecule has 2 heterocycles. The highest BCUT2D eigenvalue weighted by Gasteiger charge is 2.18. The van der Waals surface area contributed by atoms with E-state index in [0.717, 1.165) is 24.4 Å². The molecule has 0 aromatic carbocycles. The predicted molar refractivity (Wildman–Crippen MR) is 90.8 cm³/mol. The number of halogens is 2. The summed E-state index contributed by atoms with van der Waals surface area (Å²) >= 11 is 13.5. The van der Waals surface area contributed by atoms with Gasteiger partial charge in [-0.25, -0.2) is 0 Å². The van der Waals surface area contributed by atoms with Crippen molar-refractivity contribution in [3.05, 3.63) is 41.6 Å². The number of hydrogen-bond acceptors (Lipinski definition) is 3. The van der Waals surface area contributed by atoms with Gasteiger partial charge in [-0.05, 0) is 58.9 Å². The molecular weight excluding hydrogens is 362 g/mol. The molecule has 0 radical (unpaired) electrons. The number of rotatable bonds is 6. The molecule has 1 nitrogen and oxygen atoms in total. The van der Waals surface area contributed by atoms with Gasteiger partial charge >= 0.3 is 0 Å². The molecule has 0 aliphatic rings. The molecule has 0 fully saturated rings. The summed E-state index contributed by atoms with van der Waals surface area (Å²) in [7, 11) is 0. The summed E-state index contributed by atoms with van der Waals surface area (Å²) in [5.41, 5.74) is 1.18. The third-order valence-electron chi connectivity index (χ3n) is 2.92. The van der Waals surface area contributed by atoms with E-state index < -0.39 is 0 Å². The van der Waals surface area contributed by atoms with Crippen LogP contribution in [0.4, 0.5) is 0 Å². The normalized spacial score (nSPS) is 12.8. The fourth-order valence-electron chi connectivity index (χ4n) is 1.92. The molecular formula is C14H17BrClNS2. The fourth-order valence-corrected chi connectivity index (χ4v) is 4.85. The van der Waals surface area contributed by atoms with Crippen LogP contribution in [-0.4, -0.2) is 6.54 Å². The van der Waals surface area contributed by atoms with Gasteiger partial charge in [0.25, 0.3) is 0 Å². The van der Waals surface area contributed by atoms with Gasteiger partial charge in [0.15, 0.2) is 0 Å². The maximum atomic E-state index is 6.42. The van der Waals surface area contributed by atoms with Crippen molar-refractivity contribution >= 4 is 50.2 Å². The molecule has 1 atom stereocenters. The van der Waals surface area contributed by atoms with E-state index in [1.807, 2.05) is 0 Å². The molecule has 1 N–H and O–H groups in total. The van der Waals surface area contributed by atoms with Gasteiger partial charge in [-0.15, -0.1) is 22.7 Å². The standard InChI is InChI=1S/C14H17BrClNS2/c1-3-6-17-11(7-10-4-5-12(15)19-10)14-13(16)9(2)8-18-14/h4-5,8,11,17H,3,6-7H2,1-2H3. The number of nitrogens with one attached hydrogen (secondary N) is 1. The first-order valence-corrected chi connectivity index (χ1v) is 9.19. The Balaban J connectivity index is 2.18. The van der Waals surface area contributed by atoms with Crippen molar-refractivity contribution in [3.63, 3.8) is 0 Å². The Hall–Kier alpha value is 0.130. The summed E-state index contributed by atoms with van der Waals surface area (Å²) in [5.74, 6) is 0. The van der Waals surface area contributed by atoms with E-state index in [9.17, 15) is 0 Å². The van der Waals surface area contributed by atoms with Crippen LogP contribution in [0.2, 0.25) is 5.02 Å². The second-order valence-corrected chi connectivity index (χ2v) is 8.35. The minimum atomic E-state index is 0.316. The highest BCUT2D eigenvalue weighted by Crippen LogP contribution is 2.35. The van der Waals surface area contributed by atoms with Gasteiger partial charge in [-0.3, -0.25) is 0 Å². The lowest BCUT2D eigenvalue weighted by Gasteiger charge is -2.17.